The molecule has 0 aliphatic carbocycles. The van der Waals surface area contributed by atoms with Crippen molar-refractivity contribution in [1.82, 2.24) is 5.32 Å². The van der Waals surface area contributed by atoms with Crippen LogP contribution in [0.2, 0.25) is 0 Å². The zero-order chi connectivity index (χ0) is 43.4. The molecular weight excluding hydrogens is 791 g/mol. The Kier molecular flexibility index (Phi) is 11.6. The lowest BCUT2D eigenvalue weighted by Gasteiger charge is -2.43. The van der Waals surface area contributed by atoms with Crippen molar-refractivity contribution in [2.75, 3.05) is 26.3 Å². The molecule has 4 aromatic rings. The minimum atomic E-state index is -2.40. The van der Waals surface area contributed by atoms with Crippen LogP contribution in [-0.2, 0) is 27.4 Å². The number of aryl methyl sites for hydroxylation is 1. The van der Waals surface area contributed by atoms with Crippen molar-refractivity contribution in [2.24, 2.45) is 10.9 Å². The summed E-state index contributed by atoms with van der Waals surface area (Å²) in [4.78, 5) is 43.5. The maximum absolute atomic E-state index is 13.6. The molecular formula is C45H52N3O13+. The highest BCUT2D eigenvalue weighted by Crippen LogP contribution is 2.45. The third-order valence-electron chi connectivity index (χ3n) is 12.7. The number of rotatable bonds is 15. The normalized spacial score (nSPS) is 24.6. The summed E-state index contributed by atoms with van der Waals surface area (Å²) in [6.07, 6.45) is -1.39. The molecule has 0 saturated carbocycles. The maximum atomic E-state index is 13.6. The monoisotopic (exact) mass is 842 g/mol. The quantitative estimate of drug-likeness (QED) is 0.0614. The number of aliphatic hydroxyl groups excluding tert-OH is 4. The molecule has 5 heterocycles. The zero-order valence-electron chi connectivity index (χ0n) is 34.2. The molecule has 0 radical (unpaired) electrons. The molecule has 9 N–H and O–H groups in total. The van der Waals surface area contributed by atoms with Gasteiger partial charge in [0.05, 0.1) is 17.6 Å². The van der Waals surface area contributed by atoms with Gasteiger partial charge in [0.25, 0.3) is 0 Å². The van der Waals surface area contributed by atoms with Crippen LogP contribution in [0.25, 0.3) is 21.7 Å². The van der Waals surface area contributed by atoms with Gasteiger partial charge in [-0.25, -0.2) is 9.78 Å². The van der Waals surface area contributed by atoms with E-state index in [-0.39, 0.29) is 35.2 Å². The Morgan fingerprint density at radius 2 is 1.87 bits per heavy atom. The Balaban J connectivity index is 1.17. The molecule has 61 heavy (non-hydrogen) atoms. The van der Waals surface area contributed by atoms with Crippen LogP contribution in [-0.4, -0.2) is 109 Å². The molecule has 0 spiro atoms. The molecule has 324 valence electrons. The van der Waals surface area contributed by atoms with Gasteiger partial charge in [-0.3, -0.25) is 19.5 Å². The van der Waals surface area contributed by atoms with Crippen LogP contribution in [0.15, 0.2) is 80.2 Å². The summed E-state index contributed by atoms with van der Waals surface area (Å²) in [7, 11) is 0. The average molecular weight is 843 g/mol. The number of aliphatic imine (C=N–C) groups is 1. The van der Waals surface area contributed by atoms with Crippen LogP contribution in [0.3, 0.4) is 0 Å². The van der Waals surface area contributed by atoms with E-state index in [9.17, 15) is 45.3 Å². The number of hydrogen-bond acceptors (Lipinski definition) is 14. The van der Waals surface area contributed by atoms with Gasteiger partial charge in [0.15, 0.2) is 11.2 Å². The number of phenolic OH excluding ortho intramolecular Hbond substituents is 2. The highest BCUT2D eigenvalue weighted by atomic mass is 17.2. The number of carbonyl (C=O) groups is 1. The fourth-order valence-electron chi connectivity index (χ4n) is 9.23. The molecule has 16 heteroatoms. The molecule has 8 unspecified atom stereocenters. The van der Waals surface area contributed by atoms with Crippen molar-refractivity contribution < 1.29 is 64.4 Å². The number of allylic oxidation sites excluding steroid dienone is 2. The minimum Gasteiger partial charge on any atom is -0.508 e. The second-order valence-electron chi connectivity index (χ2n) is 16.9. The molecule has 8 atom stereocenters. The largest absolute Gasteiger partial charge is 0.508 e. The number of ether oxygens (including phenoxy) is 1. The van der Waals surface area contributed by atoms with Crippen LogP contribution < -0.4 is 20.4 Å². The van der Waals surface area contributed by atoms with E-state index in [4.69, 9.17) is 18.9 Å². The number of nitrogens with one attached hydrogen (secondary N) is 2. The Morgan fingerprint density at radius 1 is 1.07 bits per heavy atom. The van der Waals surface area contributed by atoms with E-state index < -0.39 is 55.3 Å². The van der Waals surface area contributed by atoms with Crippen molar-refractivity contribution >= 4 is 39.0 Å². The molecule has 3 aromatic carbocycles. The van der Waals surface area contributed by atoms with Crippen molar-refractivity contribution in [2.45, 2.75) is 94.9 Å². The Bertz CT molecular complexity index is 2530. The molecule has 1 amide bonds. The Morgan fingerprint density at radius 3 is 2.61 bits per heavy atom. The molecule has 1 aromatic heterocycles. The first-order valence-corrected chi connectivity index (χ1v) is 20.6. The second kappa shape index (κ2) is 16.6. The van der Waals surface area contributed by atoms with E-state index >= 15 is 0 Å². The lowest BCUT2D eigenvalue weighted by molar-refractivity contribution is -0.776. The predicted octanol–water partition coefficient (Wildman–Crippen LogP) is 1.80. The van der Waals surface area contributed by atoms with Gasteiger partial charge in [0.1, 0.15) is 77.4 Å². The summed E-state index contributed by atoms with van der Waals surface area (Å²) in [5, 5.41) is 79.2. The van der Waals surface area contributed by atoms with Crippen LogP contribution >= 0.6 is 0 Å². The van der Waals surface area contributed by atoms with Crippen molar-refractivity contribution in [1.29, 1.82) is 0 Å². The van der Waals surface area contributed by atoms with Crippen LogP contribution in [0.5, 0.6) is 17.2 Å². The van der Waals surface area contributed by atoms with Gasteiger partial charge in [-0.15, -0.1) is 0 Å². The molecule has 1 saturated heterocycles. The van der Waals surface area contributed by atoms with Gasteiger partial charge < -0.3 is 50.2 Å². The van der Waals surface area contributed by atoms with Crippen LogP contribution in [0.1, 0.15) is 56.4 Å². The van der Waals surface area contributed by atoms with E-state index in [1.165, 1.54) is 36.4 Å². The molecule has 0 bridgehead atoms. The standard InChI is InChI=1S/C45H51N3O13/c1-4-33-29-10-12-46-32(29)20-48(33)39-41-26(15-31-35(52)13-23(2)59-42(31)39)16-37(44(3,60-41)11-9-24-14-38(54)47-19-24)61-58-22-45(57,43(56)40(55)36(53)21-49)18-25-5-8-34(51)28-7-6-27(50)17-30(25)28/h5-8,10,12-13,15,17,24,36-37,40,43,49-51,53,55-57H,4,9,11,14,16,18-22H2,1-3H3,(H,47,54)/p+1. The van der Waals surface area contributed by atoms with Gasteiger partial charge in [-0.05, 0) is 80.0 Å². The highest BCUT2D eigenvalue weighted by Gasteiger charge is 2.49. The number of benzene rings is 3. The maximum Gasteiger partial charge on any atom is 0.222 e. The van der Waals surface area contributed by atoms with Crippen LogP contribution in [0, 0.1) is 12.8 Å². The molecule has 4 aliphatic heterocycles. The number of nitrogens with zero attached hydrogens (tertiary/aromatic N) is 1. The molecule has 1 fully saturated rings. The summed E-state index contributed by atoms with van der Waals surface area (Å²) < 4.78 is 13.5. The first kappa shape index (κ1) is 42.5. The SMILES string of the molecule is CCC1=C2C=CN=C2C[NH+]1c1c2c(cc3c(=O)cc(C)oc13)CC(OOCC(O)(Cc1ccc(O)c3ccc(O)cc13)C(O)C(O)C(O)CO)C(C)(CCC1CNC(=O)C1)O2. The summed E-state index contributed by atoms with van der Waals surface area (Å²) in [6.45, 7) is 4.96. The number of amides is 1. The molecule has 8 rings (SSSR count). The van der Waals surface area contributed by atoms with E-state index in [0.717, 1.165) is 21.9 Å². The lowest BCUT2D eigenvalue weighted by Crippen LogP contribution is -3.04. The topological polar surface area (TPSA) is 245 Å². The summed E-state index contributed by atoms with van der Waals surface area (Å²) in [5.74, 6) is 0.722. The highest BCUT2D eigenvalue weighted by molar-refractivity contribution is 6.08. The number of aromatic hydroxyl groups is 2. The number of hydrogen-bond donors (Lipinski definition) is 9. The first-order chi connectivity index (χ1) is 29.1. The van der Waals surface area contributed by atoms with E-state index in [1.807, 2.05) is 13.0 Å². The van der Waals surface area contributed by atoms with Crippen molar-refractivity contribution in [3.05, 3.63) is 93.1 Å². The van der Waals surface area contributed by atoms with Crippen LogP contribution in [0.4, 0.5) is 5.69 Å². The van der Waals surface area contributed by atoms with E-state index in [2.05, 4.69) is 17.2 Å². The van der Waals surface area contributed by atoms with Crippen molar-refractivity contribution in [3.63, 3.8) is 0 Å². The summed E-state index contributed by atoms with van der Waals surface area (Å²) >= 11 is 0. The fourth-order valence-corrected chi connectivity index (χ4v) is 9.23. The first-order valence-electron chi connectivity index (χ1n) is 20.6. The Hall–Kier alpha value is -5.17. The van der Waals surface area contributed by atoms with E-state index in [0.29, 0.717) is 88.8 Å². The third kappa shape index (κ3) is 7.94. The predicted molar refractivity (Wildman–Crippen MR) is 222 cm³/mol. The Labute approximate surface area is 350 Å². The second-order valence-corrected chi connectivity index (χ2v) is 16.9. The number of carbonyl (C=O) groups excluding carboxylic acids is 1. The van der Waals surface area contributed by atoms with Gasteiger partial charge in [-0.1, -0.05) is 13.0 Å². The average Bonchev–Trinajstić information content (AvgIpc) is 3.96. The van der Waals surface area contributed by atoms with Gasteiger partial charge in [0.2, 0.25) is 17.2 Å². The summed E-state index contributed by atoms with van der Waals surface area (Å²) in [5.41, 5.74) is 1.27. The number of aliphatic hydroxyl groups is 5. The summed E-state index contributed by atoms with van der Waals surface area (Å²) in [6, 6.07) is 10.3. The van der Waals surface area contributed by atoms with Crippen molar-refractivity contribution in [3.8, 4) is 17.2 Å². The smallest absolute Gasteiger partial charge is 0.222 e. The minimum absolute atomic E-state index is 0.0247. The molecule has 4 aliphatic rings. The zero-order valence-corrected chi connectivity index (χ0v) is 34.2. The van der Waals surface area contributed by atoms with Gasteiger partial charge in [-0.2, -0.15) is 0 Å². The number of phenols is 2. The van der Waals surface area contributed by atoms with Gasteiger partial charge in [0, 0.05) is 55.4 Å². The van der Waals surface area contributed by atoms with E-state index in [1.54, 1.807) is 19.2 Å². The third-order valence-corrected chi connectivity index (χ3v) is 12.7. The molecule has 16 nitrogen and oxygen atoms in total. The number of quaternary nitrogens is 1. The lowest BCUT2D eigenvalue weighted by atomic mass is 9.83. The fraction of sp³-hybridized carbons (Fsp3) is 0.444. The van der Waals surface area contributed by atoms with Gasteiger partial charge >= 0.3 is 0 Å². The number of fused-ring (bicyclic) bond motifs is 4.